The maximum atomic E-state index is 12.1. The van der Waals surface area contributed by atoms with Gasteiger partial charge in [-0.3, -0.25) is 14.5 Å². The predicted octanol–water partition coefficient (Wildman–Crippen LogP) is 3.02. The molecule has 2 amide bonds. The molecule has 2 aromatic rings. The molecule has 2 N–H and O–H groups in total. The summed E-state index contributed by atoms with van der Waals surface area (Å²) >= 11 is 0. The molecule has 24 heavy (non-hydrogen) atoms. The second-order valence-electron chi connectivity index (χ2n) is 5.91. The second-order valence-corrected chi connectivity index (χ2v) is 5.91. The van der Waals surface area contributed by atoms with Crippen molar-refractivity contribution in [1.82, 2.24) is 4.90 Å². The molecular weight excluding hydrogens is 302 g/mol. The number of aryl methyl sites for hydroxylation is 1. The topological polar surface area (TPSA) is 61.4 Å². The van der Waals surface area contributed by atoms with Crippen molar-refractivity contribution >= 4 is 23.2 Å². The smallest absolute Gasteiger partial charge is 0.238 e. The summed E-state index contributed by atoms with van der Waals surface area (Å²) in [6.07, 6.45) is 0. The first kappa shape index (κ1) is 17.7. The van der Waals surface area contributed by atoms with E-state index < -0.39 is 0 Å². The molecule has 0 fully saturated rings. The highest BCUT2D eigenvalue weighted by Gasteiger charge is 2.09. The number of anilines is 2. The molecule has 5 nitrogen and oxygen atoms in total. The SMILES string of the molecule is CC(=O)Nc1ccc(NC(=O)CN(C)Cc2ccccc2C)cc1. The van der Waals surface area contributed by atoms with Crippen LogP contribution in [0.15, 0.2) is 48.5 Å². The van der Waals surface area contributed by atoms with Gasteiger partial charge in [0.1, 0.15) is 0 Å². The van der Waals surface area contributed by atoms with Crippen LogP contribution >= 0.6 is 0 Å². The number of rotatable bonds is 6. The van der Waals surface area contributed by atoms with Crippen molar-refractivity contribution in [3.8, 4) is 0 Å². The summed E-state index contributed by atoms with van der Waals surface area (Å²) in [7, 11) is 1.92. The third-order valence-electron chi connectivity index (χ3n) is 3.60. The summed E-state index contributed by atoms with van der Waals surface area (Å²) in [5, 5.41) is 5.55. The highest BCUT2D eigenvalue weighted by Crippen LogP contribution is 2.14. The molecule has 0 saturated heterocycles. The minimum Gasteiger partial charge on any atom is -0.326 e. The van der Waals surface area contributed by atoms with Crippen molar-refractivity contribution in [2.75, 3.05) is 24.2 Å². The van der Waals surface area contributed by atoms with Gasteiger partial charge in [-0.05, 0) is 49.4 Å². The van der Waals surface area contributed by atoms with Crippen LogP contribution in [0.4, 0.5) is 11.4 Å². The van der Waals surface area contributed by atoms with Crippen LogP contribution in [0.25, 0.3) is 0 Å². The first-order chi connectivity index (χ1) is 11.4. The van der Waals surface area contributed by atoms with E-state index in [2.05, 4.69) is 29.7 Å². The number of hydrogen-bond donors (Lipinski definition) is 2. The molecule has 5 heteroatoms. The van der Waals surface area contributed by atoms with Gasteiger partial charge in [0.2, 0.25) is 11.8 Å². The lowest BCUT2D eigenvalue weighted by Gasteiger charge is -2.17. The van der Waals surface area contributed by atoms with Crippen molar-refractivity contribution in [2.24, 2.45) is 0 Å². The summed E-state index contributed by atoms with van der Waals surface area (Å²) < 4.78 is 0. The molecule has 2 rings (SSSR count). The minimum absolute atomic E-state index is 0.0710. The zero-order valence-electron chi connectivity index (χ0n) is 14.3. The Morgan fingerprint density at radius 1 is 0.958 bits per heavy atom. The number of benzene rings is 2. The molecule has 0 aromatic heterocycles. The van der Waals surface area contributed by atoms with Crippen LogP contribution in [0.2, 0.25) is 0 Å². The van der Waals surface area contributed by atoms with Crippen LogP contribution in [0.5, 0.6) is 0 Å². The van der Waals surface area contributed by atoms with E-state index in [1.807, 2.05) is 24.1 Å². The van der Waals surface area contributed by atoms with Crippen molar-refractivity contribution in [2.45, 2.75) is 20.4 Å². The van der Waals surface area contributed by atoms with E-state index in [0.29, 0.717) is 17.9 Å². The van der Waals surface area contributed by atoms with E-state index in [1.165, 1.54) is 18.1 Å². The van der Waals surface area contributed by atoms with E-state index >= 15 is 0 Å². The zero-order valence-corrected chi connectivity index (χ0v) is 14.3. The van der Waals surface area contributed by atoms with Gasteiger partial charge >= 0.3 is 0 Å². The van der Waals surface area contributed by atoms with Crippen molar-refractivity contribution in [1.29, 1.82) is 0 Å². The molecule has 0 aliphatic rings. The number of amides is 2. The minimum atomic E-state index is -0.121. The average molecular weight is 325 g/mol. The number of carbonyl (C=O) groups is 2. The fourth-order valence-electron chi connectivity index (χ4n) is 2.42. The summed E-state index contributed by atoms with van der Waals surface area (Å²) in [5.41, 5.74) is 3.85. The van der Waals surface area contributed by atoms with Gasteiger partial charge in [-0.2, -0.15) is 0 Å². The molecule has 126 valence electrons. The Labute approximate surface area is 142 Å². The predicted molar refractivity (Wildman–Crippen MR) is 96.9 cm³/mol. The van der Waals surface area contributed by atoms with Gasteiger partial charge in [-0.15, -0.1) is 0 Å². The molecule has 0 saturated carbocycles. The number of nitrogens with one attached hydrogen (secondary N) is 2. The molecule has 0 radical (unpaired) electrons. The highest BCUT2D eigenvalue weighted by atomic mass is 16.2. The summed E-state index contributed by atoms with van der Waals surface area (Å²) in [6.45, 7) is 4.56. The molecular formula is C19H23N3O2. The van der Waals surface area contributed by atoms with Crippen LogP contribution in [0, 0.1) is 6.92 Å². The van der Waals surface area contributed by atoms with Crippen LogP contribution in [0.3, 0.4) is 0 Å². The molecule has 0 aliphatic heterocycles. The third kappa shape index (κ3) is 5.52. The lowest BCUT2D eigenvalue weighted by atomic mass is 10.1. The number of carbonyl (C=O) groups excluding carboxylic acids is 2. The number of nitrogens with zero attached hydrogens (tertiary/aromatic N) is 1. The lowest BCUT2D eigenvalue weighted by Crippen LogP contribution is -2.30. The van der Waals surface area contributed by atoms with Crippen LogP contribution in [-0.4, -0.2) is 30.3 Å². The zero-order chi connectivity index (χ0) is 17.5. The standard InChI is InChI=1S/C19H23N3O2/c1-14-6-4-5-7-16(14)12-22(3)13-19(24)21-18-10-8-17(9-11-18)20-15(2)23/h4-11H,12-13H2,1-3H3,(H,20,23)(H,21,24). The Kier molecular flexibility index (Phi) is 6.09. The quantitative estimate of drug-likeness (QED) is 0.858. The fraction of sp³-hybridized carbons (Fsp3) is 0.263. The highest BCUT2D eigenvalue weighted by molar-refractivity contribution is 5.93. The first-order valence-corrected chi connectivity index (χ1v) is 7.84. The molecule has 0 heterocycles. The Morgan fingerprint density at radius 3 is 2.12 bits per heavy atom. The van der Waals surface area contributed by atoms with E-state index in [4.69, 9.17) is 0 Å². The van der Waals surface area contributed by atoms with Crippen molar-refractivity contribution in [3.63, 3.8) is 0 Å². The van der Waals surface area contributed by atoms with Gasteiger partial charge in [0.05, 0.1) is 6.54 Å². The molecule has 0 aliphatic carbocycles. The maximum absolute atomic E-state index is 12.1. The number of likely N-dealkylation sites (N-methyl/N-ethyl adjacent to an activating group) is 1. The Morgan fingerprint density at radius 2 is 1.54 bits per heavy atom. The average Bonchev–Trinajstić information content (AvgIpc) is 2.51. The van der Waals surface area contributed by atoms with Crippen LogP contribution in [-0.2, 0) is 16.1 Å². The van der Waals surface area contributed by atoms with E-state index in [1.54, 1.807) is 24.3 Å². The van der Waals surface area contributed by atoms with Gasteiger partial charge < -0.3 is 10.6 Å². The molecule has 0 unspecified atom stereocenters. The first-order valence-electron chi connectivity index (χ1n) is 7.84. The summed E-state index contributed by atoms with van der Waals surface area (Å²) in [6, 6.07) is 15.2. The van der Waals surface area contributed by atoms with Crippen molar-refractivity contribution < 1.29 is 9.59 Å². The van der Waals surface area contributed by atoms with E-state index in [0.717, 1.165) is 6.54 Å². The molecule has 0 spiro atoms. The Hall–Kier alpha value is -2.66. The van der Waals surface area contributed by atoms with Gasteiger partial charge in [0, 0.05) is 24.8 Å². The van der Waals surface area contributed by atoms with Crippen LogP contribution < -0.4 is 10.6 Å². The molecule has 0 bridgehead atoms. The largest absolute Gasteiger partial charge is 0.326 e. The van der Waals surface area contributed by atoms with Crippen molar-refractivity contribution in [3.05, 3.63) is 59.7 Å². The van der Waals surface area contributed by atoms with E-state index in [-0.39, 0.29) is 11.8 Å². The van der Waals surface area contributed by atoms with Gasteiger partial charge in [0.15, 0.2) is 0 Å². The normalized spacial score (nSPS) is 10.5. The summed E-state index contributed by atoms with van der Waals surface area (Å²) in [4.78, 5) is 25.1. The third-order valence-corrected chi connectivity index (χ3v) is 3.60. The molecule has 0 atom stereocenters. The summed E-state index contributed by atoms with van der Waals surface area (Å²) in [5.74, 6) is -0.192. The molecule has 2 aromatic carbocycles. The van der Waals surface area contributed by atoms with Gasteiger partial charge in [-0.25, -0.2) is 0 Å². The maximum Gasteiger partial charge on any atom is 0.238 e. The Balaban J connectivity index is 1.86. The monoisotopic (exact) mass is 325 g/mol. The second kappa shape index (κ2) is 8.26. The fourth-order valence-corrected chi connectivity index (χ4v) is 2.42. The lowest BCUT2D eigenvalue weighted by molar-refractivity contribution is -0.117. The van der Waals surface area contributed by atoms with E-state index in [9.17, 15) is 9.59 Å². The van der Waals surface area contributed by atoms with Gasteiger partial charge in [-0.1, -0.05) is 24.3 Å². The number of hydrogen-bond acceptors (Lipinski definition) is 3. The van der Waals surface area contributed by atoms with Gasteiger partial charge in [0.25, 0.3) is 0 Å². The Bertz CT molecular complexity index is 711. The van der Waals surface area contributed by atoms with Crippen LogP contribution in [0.1, 0.15) is 18.1 Å².